The molecule has 0 radical (unpaired) electrons. The number of hydrogen-bond donors (Lipinski definition) is 1. The minimum absolute atomic E-state index is 0.543. The van der Waals surface area contributed by atoms with E-state index in [1.807, 2.05) is 30.4 Å². The molecule has 45 heavy (non-hydrogen) atoms. The van der Waals surface area contributed by atoms with E-state index in [0.717, 1.165) is 57.4 Å². The molecule has 0 aliphatic carbocycles. The molecule has 254 valence electrons. The van der Waals surface area contributed by atoms with Crippen LogP contribution in [0.5, 0.6) is 0 Å². The van der Waals surface area contributed by atoms with Gasteiger partial charge in [0, 0.05) is 12.5 Å². The average molecular weight is 625 g/mol. The van der Waals surface area contributed by atoms with E-state index in [2.05, 4.69) is 58.1 Å². The summed E-state index contributed by atoms with van der Waals surface area (Å²) in [4.78, 5) is 39.5. The number of carboxylic acids is 1. The van der Waals surface area contributed by atoms with Crippen LogP contribution in [0.1, 0.15) is 130 Å². The van der Waals surface area contributed by atoms with Crippen molar-refractivity contribution in [2.75, 3.05) is 0 Å². The standard InChI is InChI=1S/C11H18O2.2C10H16O.C9H14O/c1-2-3-4-5-6-7-8-9-10-11(12)13;2*1-2-3-4-5-6-7-8-9-10-11;1-2-3-4-5-6-7-8-9-10/h6-7,9-10H,2-5,8H2,1H3,(H,12,13);6-10H,2-5H2,1H3;4-5,7-8,10H,2-3,6,9H2,1H3;5-9H,2-4H2,1H3. The lowest BCUT2D eigenvalue weighted by Gasteiger charge is -1.90. The molecule has 0 aromatic carbocycles. The summed E-state index contributed by atoms with van der Waals surface area (Å²) in [7, 11) is 0. The zero-order valence-corrected chi connectivity index (χ0v) is 28.9. The summed E-state index contributed by atoms with van der Waals surface area (Å²) in [5.74, 6) is -0.876. The molecule has 5 heteroatoms. The van der Waals surface area contributed by atoms with Gasteiger partial charge in [-0.05, 0) is 63.5 Å². The van der Waals surface area contributed by atoms with Crippen LogP contribution in [0.25, 0.3) is 0 Å². The van der Waals surface area contributed by atoms with Gasteiger partial charge in [0.2, 0.25) is 0 Å². The third-order valence-corrected chi connectivity index (χ3v) is 5.54. The SMILES string of the molecule is CCCC=CCC=CCC=O.CCCCC=CC=CC=O.CCCCCC=CC=CC=O.CCCCCC=CCC=CC(=O)O. The van der Waals surface area contributed by atoms with Crippen LogP contribution in [0, 0.1) is 0 Å². The average Bonchev–Trinajstić information content (AvgIpc) is 3.04. The number of unbranched alkanes of at least 4 members (excludes halogenated alkanes) is 9. The fourth-order valence-electron chi connectivity index (χ4n) is 3.08. The minimum Gasteiger partial charge on any atom is -0.478 e. The van der Waals surface area contributed by atoms with Gasteiger partial charge in [0.1, 0.15) is 18.9 Å². The van der Waals surface area contributed by atoms with Gasteiger partial charge >= 0.3 is 5.97 Å². The molecule has 0 aromatic rings. The van der Waals surface area contributed by atoms with Crippen LogP contribution in [0.15, 0.2) is 97.2 Å². The molecule has 0 saturated heterocycles. The van der Waals surface area contributed by atoms with Crippen molar-refractivity contribution in [1.82, 2.24) is 0 Å². The molecule has 0 fully saturated rings. The highest BCUT2D eigenvalue weighted by molar-refractivity contribution is 5.79. The first-order valence-corrected chi connectivity index (χ1v) is 16.8. The molecular formula is C40H64O5. The van der Waals surface area contributed by atoms with Gasteiger partial charge in [0.15, 0.2) is 0 Å². The lowest BCUT2D eigenvalue weighted by Crippen LogP contribution is -1.84. The van der Waals surface area contributed by atoms with Crippen LogP contribution >= 0.6 is 0 Å². The lowest BCUT2D eigenvalue weighted by molar-refractivity contribution is -0.131. The molecule has 0 aliphatic heterocycles. The van der Waals surface area contributed by atoms with E-state index in [9.17, 15) is 19.2 Å². The van der Waals surface area contributed by atoms with Gasteiger partial charge in [-0.25, -0.2) is 4.79 Å². The normalized spacial score (nSPS) is 11.4. The van der Waals surface area contributed by atoms with E-state index in [0.29, 0.717) is 6.42 Å². The third-order valence-electron chi connectivity index (χ3n) is 5.54. The summed E-state index contributed by atoms with van der Waals surface area (Å²) in [5, 5.41) is 8.28. The van der Waals surface area contributed by atoms with Gasteiger partial charge in [-0.2, -0.15) is 0 Å². The topological polar surface area (TPSA) is 88.5 Å². The van der Waals surface area contributed by atoms with Crippen molar-refractivity contribution in [3.8, 4) is 0 Å². The Balaban J connectivity index is -0.000000250. The maximum absolute atomic E-state index is 10.1. The summed E-state index contributed by atoms with van der Waals surface area (Å²) in [6, 6.07) is 0. The van der Waals surface area contributed by atoms with Crippen molar-refractivity contribution in [3.05, 3.63) is 97.2 Å². The summed E-state index contributed by atoms with van der Waals surface area (Å²) >= 11 is 0. The quantitative estimate of drug-likeness (QED) is 0.0379. The number of aldehydes is 3. The van der Waals surface area contributed by atoms with Gasteiger partial charge in [-0.1, -0.05) is 152 Å². The van der Waals surface area contributed by atoms with E-state index in [1.54, 1.807) is 18.2 Å². The van der Waals surface area contributed by atoms with Crippen molar-refractivity contribution in [2.45, 2.75) is 130 Å². The highest BCUT2D eigenvalue weighted by Gasteiger charge is 1.83. The Morgan fingerprint density at radius 3 is 1.36 bits per heavy atom. The molecule has 0 aromatic heterocycles. The van der Waals surface area contributed by atoms with Gasteiger partial charge in [0.25, 0.3) is 0 Å². The Morgan fingerprint density at radius 2 is 0.889 bits per heavy atom. The maximum Gasteiger partial charge on any atom is 0.327 e. The molecule has 0 amide bonds. The van der Waals surface area contributed by atoms with Crippen LogP contribution in [0.3, 0.4) is 0 Å². The van der Waals surface area contributed by atoms with E-state index < -0.39 is 5.97 Å². The molecule has 0 rings (SSSR count). The Morgan fingerprint density at radius 1 is 0.444 bits per heavy atom. The Labute approximate surface area is 276 Å². The molecule has 0 bridgehead atoms. The second-order valence-electron chi connectivity index (χ2n) is 9.85. The van der Waals surface area contributed by atoms with Crippen molar-refractivity contribution in [2.24, 2.45) is 0 Å². The van der Waals surface area contributed by atoms with E-state index in [4.69, 9.17) is 5.11 Å². The minimum atomic E-state index is -0.876. The Hall–Kier alpha value is -3.60. The predicted octanol–water partition coefficient (Wildman–Crippen LogP) is 11.4. The Bertz CT molecular complexity index is 854. The first-order valence-electron chi connectivity index (χ1n) is 16.8. The van der Waals surface area contributed by atoms with Crippen molar-refractivity contribution in [1.29, 1.82) is 0 Å². The van der Waals surface area contributed by atoms with Gasteiger partial charge in [-0.15, -0.1) is 0 Å². The number of allylic oxidation sites excluding steroid dienone is 15. The van der Waals surface area contributed by atoms with Crippen LogP contribution in [0.4, 0.5) is 0 Å². The summed E-state index contributed by atoms with van der Waals surface area (Å²) in [6.45, 7) is 8.69. The summed E-state index contributed by atoms with van der Waals surface area (Å²) < 4.78 is 0. The molecule has 0 atom stereocenters. The van der Waals surface area contributed by atoms with E-state index >= 15 is 0 Å². The number of hydrogen-bond acceptors (Lipinski definition) is 4. The fraction of sp³-hybridized carbons (Fsp3) is 0.500. The first kappa shape index (κ1) is 48.3. The highest BCUT2D eigenvalue weighted by atomic mass is 16.4. The first-order chi connectivity index (χ1) is 22.0. The van der Waals surface area contributed by atoms with Gasteiger partial charge in [0.05, 0.1) is 0 Å². The molecule has 0 spiro atoms. The smallest absolute Gasteiger partial charge is 0.327 e. The van der Waals surface area contributed by atoms with Gasteiger partial charge in [-0.3, -0.25) is 9.59 Å². The molecule has 0 aliphatic rings. The second-order valence-corrected chi connectivity index (χ2v) is 9.85. The van der Waals surface area contributed by atoms with E-state index in [-0.39, 0.29) is 0 Å². The zero-order valence-electron chi connectivity index (χ0n) is 28.9. The van der Waals surface area contributed by atoms with Crippen LogP contribution in [-0.2, 0) is 19.2 Å². The maximum atomic E-state index is 10.1. The van der Waals surface area contributed by atoms with Crippen LogP contribution in [0.2, 0.25) is 0 Å². The largest absolute Gasteiger partial charge is 0.478 e. The van der Waals surface area contributed by atoms with Crippen molar-refractivity contribution < 1.29 is 24.3 Å². The van der Waals surface area contributed by atoms with Crippen LogP contribution in [-0.4, -0.2) is 29.9 Å². The van der Waals surface area contributed by atoms with Crippen molar-refractivity contribution in [3.63, 3.8) is 0 Å². The molecule has 1 N–H and O–H groups in total. The number of rotatable bonds is 24. The van der Waals surface area contributed by atoms with E-state index in [1.165, 1.54) is 76.0 Å². The number of carbonyl (C=O) groups is 4. The highest BCUT2D eigenvalue weighted by Crippen LogP contribution is 2.01. The number of carbonyl (C=O) groups excluding carboxylic acids is 3. The third kappa shape index (κ3) is 68.9. The van der Waals surface area contributed by atoms with Gasteiger partial charge < -0.3 is 9.90 Å². The van der Waals surface area contributed by atoms with Crippen LogP contribution < -0.4 is 0 Å². The summed E-state index contributed by atoms with van der Waals surface area (Å²) in [6.07, 6.45) is 50.0. The summed E-state index contributed by atoms with van der Waals surface area (Å²) in [5.41, 5.74) is 0. The molecule has 0 saturated carbocycles. The second kappa shape index (κ2) is 53.0. The Kier molecular flexibility index (Phi) is 56.9. The molecular weight excluding hydrogens is 560 g/mol. The number of carboxylic acid groups (broad SMARTS) is 1. The lowest BCUT2D eigenvalue weighted by atomic mass is 10.2. The fourth-order valence-corrected chi connectivity index (χ4v) is 3.08. The number of aliphatic carboxylic acids is 1. The monoisotopic (exact) mass is 624 g/mol. The van der Waals surface area contributed by atoms with Crippen molar-refractivity contribution >= 4 is 24.8 Å². The zero-order chi connectivity index (χ0) is 34.3. The predicted molar refractivity (Wildman–Crippen MR) is 196 cm³/mol. The molecule has 0 heterocycles. The molecule has 5 nitrogen and oxygen atoms in total. The molecule has 0 unspecified atom stereocenters.